The first-order chi connectivity index (χ1) is 7.31. The molecule has 0 amide bonds. The molecule has 0 saturated carbocycles. The predicted molar refractivity (Wildman–Crippen MR) is 62.3 cm³/mol. The number of fused-ring (bicyclic) bond motifs is 1. The first kappa shape index (κ1) is 10.5. The summed E-state index contributed by atoms with van der Waals surface area (Å²) >= 11 is 0. The van der Waals surface area contributed by atoms with Gasteiger partial charge in [0.15, 0.2) is 0 Å². The second kappa shape index (κ2) is 4.64. The van der Waals surface area contributed by atoms with Crippen molar-refractivity contribution >= 4 is 5.69 Å². The van der Waals surface area contributed by atoms with Gasteiger partial charge in [0.05, 0.1) is 6.10 Å². The van der Waals surface area contributed by atoms with Crippen LogP contribution in [0.2, 0.25) is 0 Å². The second-order valence-corrected chi connectivity index (χ2v) is 4.04. The predicted octanol–water partition coefficient (Wildman–Crippen LogP) is 0.629. The van der Waals surface area contributed by atoms with Crippen molar-refractivity contribution < 1.29 is 5.11 Å². The number of benzene rings is 1. The number of hydrogen-bond acceptors (Lipinski definition) is 3. The monoisotopic (exact) mass is 206 g/mol. The van der Waals surface area contributed by atoms with E-state index in [2.05, 4.69) is 34.5 Å². The molecule has 1 aromatic rings. The molecule has 1 aliphatic rings. The summed E-state index contributed by atoms with van der Waals surface area (Å²) in [6.07, 6.45) is 0.809. The van der Waals surface area contributed by atoms with E-state index in [4.69, 9.17) is 0 Å². The van der Waals surface area contributed by atoms with E-state index in [1.165, 1.54) is 11.3 Å². The minimum Gasteiger partial charge on any atom is -0.390 e. The summed E-state index contributed by atoms with van der Waals surface area (Å²) in [4.78, 5) is 2.26. The van der Waals surface area contributed by atoms with Crippen molar-refractivity contribution in [1.29, 1.82) is 0 Å². The lowest BCUT2D eigenvalue weighted by molar-refractivity contribution is 0.180. The molecule has 0 radical (unpaired) electrons. The summed E-state index contributed by atoms with van der Waals surface area (Å²) in [5, 5.41) is 12.7. The summed E-state index contributed by atoms with van der Waals surface area (Å²) in [6, 6.07) is 8.43. The number of para-hydroxylation sites is 1. The topological polar surface area (TPSA) is 35.5 Å². The Hall–Kier alpha value is -1.06. The Morgan fingerprint density at radius 3 is 3.07 bits per heavy atom. The van der Waals surface area contributed by atoms with E-state index in [0.717, 1.165) is 19.5 Å². The fourth-order valence-corrected chi connectivity index (χ4v) is 2.15. The molecule has 1 aliphatic heterocycles. The van der Waals surface area contributed by atoms with Gasteiger partial charge < -0.3 is 15.3 Å². The summed E-state index contributed by atoms with van der Waals surface area (Å²) in [6.45, 7) is 2.40. The summed E-state index contributed by atoms with van der Waals surface area (Å²) in [5.41, 5.74) is 2.68. The van der Waals surface area contributed by atoms with Crippen LogP contribution in [0.4, 0.5) is 5.69 Å². The van der Waals surface area contributed by atoms with Crippen LogP contribution in [0.1, 0.15) is 5.56 Å². The number of nitrogens with one attached hydrogen (secondary N) is 1. The molecule has 0 aliphatic carbocycles. The SMILES string of the molecule is CNCC(O)CN1CCc2ccccc21. The first-order valence-electron chi connectivity index (χ1n) is 5.47. The van der Waals surface area contributed by atoms with Gasteiger partial charge in [0.1, 0.15) is 0 Å². The van der Waals surface area contributed by atoms with Crippen molar-refractivity contribution in [3.63, 3.8) is 0 Å². The average Bonchev–Trinajstić information content (AvgIpc) is 2.62. The number of anilines is 1. The van der Waals surface area contributed by atoms with Crippen molar-refractivity contribution in [1.82, 2.24) is 5.32 Å². The lowest BCUT2D eigenvalue weighted by Gasteiger charge is -2.22. The number of aliphatic hydroxyl groups is 1. The highest BCUT2D eigenvalue weighted by Gasteiger charge is 2.19. The molecule has 1 atom stereocenters. The van der Waals surface area contributed by atoms with Gasteiger partial charge in [0.25, 0.3) is 0 Å². The van der Waals surface area contributed by atoms with Crippen LogP contribution in [-0.2, 0) is 6.42 Å². The van der Waals surface area contributed by atoms with Crippen LogP contribution >= 0.6 is 0 Å². The van der Waals surface area contributed by atoms with Crippen molar-refractivity contribution in [2.75, 3.05) is 31.6 Å². The zero-order valence-corrected chi connectivity index (χ0v) is 9.11. The van der Waals surface area contributed by atoms with Crippen LogP contribution in [0, 0.1) is 0 Å². The van der Waals surface area contributed by atoms with Crippen LogP contribution in [0.3, 0.4) is 0 Å². The van der Waals surface area contributed by atoms with Gasteiger partial charge >= 0.3 is 0 Å². The van der Waals surface area contributed by atoms with Gasteiger partial charge in [0.2, 0.25) is 0 Å². The third kappa shape index (κ3) is 2.30. The van der Waals surface area contributed by atoms with Crippen LogP contribution in [0.5, 0.6) is 0 Å². The lowest BCUT2D eigenvalue weighted by Crippen LogP contribution is -2.36. The largest absolute Gasteiger partial charge is 0.390 e. The van der Waals surface area contributed by atoms with Gasteiger partial charge in [-0.1, -0.05) is 18.2 Å². The van der Waals surface area contributed by atoms with E-state index < -0.39 is 0 Å². The number of likely N-dealkylation sites (N-methyl/N-ethyl adjacent to an activating group) is 1. The van der Waals surface area contributed by atoms with E-state index in [9.17, 15) is 5.11 Å². The molecular weight excluding hydrogens is 188 g/mol. The molecule has 1 heterocycles. The smallest absolute Gasteiger partial charge is 0.0839 e. The fourth-order valence-electron chi connectivity index (χ4n) is 2.15. The molecule has 3 heteroatoms. The highest BCUT2D eigenvalue weighted by Crippen LogP contribution is 2.27. The Bertz CT molecular complexity index is 327. The number of nitrogens with zero attached hydrogens (tertiary/aromatic N) is 1. The maximum atomic E-state index is 9.73. The van der Waals surface area contributed by atoms with Gasteiger partial charge in [-0.15, -0.1) is 0 Å². The summed E-state index contributed by atoms with van der Waals surface area (Å²) in [7, 11) is 1.86. The van der Waals surface area contributed by atoms with Crippen LogP contribution in [-0.4, -0.2) is 37.9 Å². The normalized spacial score (nSPS) is 16.5. The number of hydrogen-bond donors (Lipinski definition) is 2. The average molecular weight is 206 g/mol. The summed E-state index contributed by atoms with van der Waals surface area (Å²) < 4.78 is 0. The van der Waals surface area contributed by atoms with Gasteiger partial charge in [-0.05, 0) is 25.1 Å². The van der Waals surface area contributed by atoms with Crippen molar-refractivity contribution in [2.24, 2.45) is 0 Å². The highest BCUT2D eigenvalue weighted by atomic mass is 16.3. The highest BCUT2D eigenvalue weighted by molar-refractivity contribution is 5.57. The third-order valence-corrected chi connectivity index (χ3v) is 2.85. The fraction of sp³-hybridized carbons (Fsp3) is 0.500. The van der Waals surface area contributed by atoms with E-state index in [-0.39, 0.29) is 6.10 Å². The van der Waals surface area contributed by atoms with Gasteiger partial charge in [-0.2, -0.15) is 0 Å². The van der Waals surface area contributed by atoms with E-state index >= 15 is 0 Å². The molecule has 1 unspecified atom stereocenters. The summed E-state index contributed by atoms with van der Waals surface area (Å²) in [5.74, 6) is 0. The molecule has 2 rings (SSSR count). The zero-order chi connectivity index (χ0) is 10.7. The molecule has 0 spiro atoms. The lowest BCUT2D eigenvalue weighted by atomic mass is 10.2. The van der Waals surface area contributed by atoms with Crippen LogP contribution < -0.4 is 10.2 Å². The molecular formula is C12H18N2O. The Morgan fingerprint density at radius 2 is 2.27 bits per heavy atom. The molecule has 1 aromatic carbocycles. The Kier molecular flexibility index (Phi) is 3.23. The quantitative estimate of drug-likeness (QED) is 0.758. The second-order valence-electron chi connectivity index (χ2n) is 4.04. The number of rotatable bonds is 4. The minimum absolute atomic E-state index is 0.291. The third-order valence-electron chi connectivity index (χ3n) is 2.85. The number of β-amino-alcohol motifs (C(OH)–C–C–N with tert-alkyl or cyclic N) is 1. The molecule has 0 bridgehead atoms. The standard InChI is InChI=1S/C12H18N2O/c1-13-8-11(15)9-14-7-6-10-4-2-3-5-12(10)14/h2-5,11,13,15H,6-9H2,1H3. The first-order valence-corrected chi connectivity index (χ1v) is 5.47. The van der Waals surface area contributed by atoms with E-state index in [1.54, 1.807) is 0 Å². The molecule has 3 nitrogen and oxygen atoms in total. The van der Waals surface area contributed by atoms with Crippen molar-refractivity contribution in [2.45, 2.75) is 12.5 Å². The molecule has 0 aromatic heterocycles. The van der Waals surface area contributed by atoms with E-state index in [1.807, 2.05) is 7.05 Å². The molecule has 82 valence electrons. The van der Waals surface area contributed by atoms with Crippen molar-refractivity contribution in [3.8, 4) is 0 Å². The Morgan fingerprint density at radius 1 is 1.47 bits per heavy atom. The van der Waals surface area contributed by atoms with Crippen molar-refractivity contribution in [3.05, 3.63) is 29.8 Å². The Balaban J connectivity index is 2.01. The molecule has 2 N–H and O–H groups in total. The maximum Gasteiger partial charge on any atom is 0.0839 e. The molecule has 0 fully saturated rings. The maximum absolute atomic E-state index is 9.73. The minimum atomic E-state index is -0.291. The van der Waals surface area contributed by atoms with Crippen LogP contribution in [0.15, 0.2) is 24.3 Å². The Labute approximate surface area is 90.7 Å². The van der Waals surface area contributed by atoms with Gasteiger partial charge in [-0.3, -0.25) is 0 Å². The van der Waals surface area contributed by atoms with E-state index in [0.29, 0.717) is 6.54 Å². The number of aliphatic hydroxyl groups excluding tert-OH is 1. The van der Waals surface area contributed by atoms with Gasteiger partial charge in [-0.25, -0.2) is 0 Å². The van der Waals surface area contributed by atoms with Crippen LogP contribution in [0.25, 0.3) is 0 Å². The molecule has 15 heavy (non-hydrogen) atoms. The molecule has 0 saturated heterocycles. The van der Waals surface area contributed by atoms with Gasteiger partial charge in [0, 0.05) is 25.3 Å². The zero-order valence-electron chi connectivity index (χ0n) is 9.11.